The summed E-state index contributed by atoms with van der Waals surface area (Å²) in [4.78, 5) is 26.7. The van der Waals surface area contributed by atoms with Crippen molar-refractivity contribution in [2.75, 3.05) is 25.6 Å². The molecule has 0 saturated carbocycles. The molecule has 3 atom stereocenters. The Bertz CT molecular complexity index is 1640. The highest BCUT2D eigenvalue weighted by molar-refractivity contribution is 7.93. The lowest BCUT2D eigenvalue weighted by Crippen LogP contribution is -2.48. The first-order valence-electron chi connectivity index (χ1n) is 16.1. The van der Waals surface area contributed by atoms with Gasteiger partial charge in [-0.05, 0) is 60.1 Å². The molecule has 0 fully saturated rings. The number of rotatable bonds is 15. The summed E-state index contributed by atoms with van der Waals surface area (Å²) in [5, 5.41) is 16.2. The van der Waals surface area contributed by atoms with Crippen molar-refractivity contribution in [2.45, 2.75) is 57.2 Å². The first-order valence-corrected chi connectivity index (χ1v) is 17.6. The van der Waals surface area contributed by atoms with Crippen LogP contribution >= 0.6 is 0 Å². The molecule has 0 heterocycles. The Morgan fingerprint density at radius 3 is 2.19 bits per heavy atom. The summed E-state index contributed by atoms with van der Waals surface area (Å²) < 4.78 is 34.0. The van der Waals surface area contributed by atoms with E-state index in [1.165, 1.54) is 17.5 Å². The highest BCUT2D eigenvalue weighted by Gasteiger charge is 2.34. The van der Waals surface area contributed by atoms with E-state index >= 15 is 0 Å². The monoisotopic (exact) mass is 674 g/mol. The number of carbonyl (C=O) groups excluding carboxylic acids is 2. The minimum atomic E-state index is -3.92. The number of nitrogens with one attached hydrogen (secondary N) is 2. The second kappa shape index (κ2) is 17.2. The number of nitrogens with zero attached hydrogens (tertiary/aromatic N) is 1. The topological polar surface area (TPSA) is 151 Å². The zero-order valence-corrected chi connectivity index (χ0v) is 28.5. The number of aliphatic hydroxyl groups is 1. The van der Waals surface area contributed by atoms with Crippen LogP contribution in [0.25, 0.3) is 0 Å². The van der Waals surface area contributed by atoms with Gasteiger partial charge in [0.1, 0.15) is 6.04 Å². The molecule has 3 unspecified atom stereocenters. The molecule has 3 aromatic carbocycles. The van der Waals surface area contributed by atoms with Crippen LogP contribution in [0, 0.1) is 5.92 Å². The fraction of sp³-hybridized carbons (Fsp3) is 0.351. The van der Waals surface area contributed by atoms with E-state index in [0.29, 0.717) is 24.1 Å². The molecule has 11 heteroatoms. The summed E-state index contributed by atoms with van der Waals surface area (Å²) in [7, 11) is -2.68. The standard InChI is InChI=1S/C37H46N4O6S/c1-26(2)21-22-41(48(45,46)33-19-17-30(38)18-20-33)32(25-42)24-27-11-10-16-31(23-27)39-36(43)35(40-37(44)47-3)34(28-12-6-4-7-13-28)29-14-8-5-9-15-29/h4-17,19-20,23,26,30,32,34-35,42H,18,21-22,24-25,38H2,1-3H3,(H,39,43)(H,40,44). The highest BCUT2D eigenvalue weighted by atomic mass is 32.2. The number of hydrogen-bond acceptors (Lipinski definition) is 7. The van der Waals surface area contributed by atoms with Gasteiger partial charge >= 0.3 is 6.09 Å². The van der Waals surface area contributed by atoms with E-state index in [1.54, 1.807) is 30.4 Å². The van der Waals surface area contributed by atoms with Gasteiger partial charge in [0.15, 0.2) is 0 Å². The largest absolute Gasteiger partial charge is 0.453 e. The average Bonchev–Trinajstić information content (AvgIpc) is 3.08. The Morgan fingerprint density at radius 2 is 1.65 bits per heavy atom. The lowest BCUT2D eigenvalue weighted by molar-refractivity contribution is -0.118. The number of hydrogen-bond donors (Lipinski definition) is 4. The molecule has 48 heavy (non-hydrogen) atoms. The molecule has 4 rings (SSSR count). The molecule has 0 radical (unpaired) electrons. The molecule has 5 N–H and O–H groups in total. The van der Waals surface area contributed by atoms with Gasteiger partial charge in [-0.2, -0.15) is 4.31 Å². The Morgan fingerprint density at radius 1 is 1.00 bits per heavy atom. The zero-order chi connectivity index (χ0) is 34.7. The Balaban J connectivity index is 1.62. The summed E-state index contributed by atoms with van der Waals surface area (Å²) in [5.41, 5.74) is 8.76. The zero-order valence-electron chi connectivity index (χ0n) is 27.7. The molecular formula is C37H46N4O6S. The van der Waals surface area contributed by atoms with Crippen molar-refractivity contribution in [2.24, 2.45) is 11.7 Å². The number of carbonyl (C=O) groups is 2. The Hall–Kier alpha value is -4.29. The minimum absolute atomic E-state index is 0.169. The van der Waals surface area contributed by atoms with Crippen molar-refractivity contribution in [3.8, 4) is 0 Å². The smallest absolute Gasteiger partial charge is 0.407 e. The Kier molecular flexibility index (Phi) is 13.1. The third-order valence-electron chi connectivity index (χ3n) is 8.31. The normalized spacial score (nSPS) is 16.0. The van der Waals surface area contributed by atoms with Gasteiger partial charge in [-0.3, -0.25) is 4.79 Å². The predicted molar refractivity (Wildman–Crippen MR) is 189 cm³/mol. The van der Waals surface area contributed by atoms with Gasteiger partial charge in [-0.1, -0.05) is 98.8 Å². The van der Waals surface area contributed by atoms with Crippen molar-refractivity contribution in [3.63, 3.8) is 0 Å². The van der Waals surface area contributed by atoms with E-state index in [2.05, 4.69) is 10.6 Å². The second-order valence-electron chi connectivity index (χ2n) is 12.3. The number of aliphatic hydroxyl groups excluding tert-OH is 1. The van der Waals surface area contributed by atoms with Gasteiger partial charge < -0.3 is 26.2 Å². The molecule has 0 bridgehead atoms. The van der Waals surface area contributed by atoms with Crippen LogP contribution in [0.5, 0.6) is 0 Å². The first-order chi connectivity index (χ1) is 23.0. The van der Waals surface area contributed by atoms with Gasteiger partial charge in [0.05, 0.1) is 24.7 Å². The van der Waals surface area contributed by atoms with E-state index in [0.717, 1.165) is 11.1 Å². The molecule has 1 aliphatic carbocycles. The van der Waals surface area contributed by atoms with Crippen molar-refractivity contribution >= 4 is 27.7 Å². The third kappa shape index (κ3) is 9.63. The number of alkyl carbamates (subject to hydrolysis) is 1. The SMILES string of the molecule is COC(=O)NC(C(=O)Nc1cccc(CC(CO)N(CCC(C)C)S(=O)(=O)C2=CCC(N)C=C2)c1)C(c1ccccc1)c1ccccc1. The van der Waals surface area contributed by atoms with E-state index in [-0.39, 0.29) is 29.8 Å². The summed E-state index contributed by atoms with van der Waals surface area (Å²) in [6.45, 7) is 3.88. The number of amides is 2. The summed E-state index contributed by atoms with van der Waals surface area (Å²) in [6, 6.07) is 23.9. The van der Waals surface area contributed by atoms with Crippen LogP contribution in [0.3, 0.4) is 0 Å². The van der Waals surface area contributed by atoms with Gasteiger partial charge in [0.2, 0.25) is 15.9 Å². The van der Waals surface area contributed by atoms with Crippen LogP contribution in [0.15, 0.2) is 108 Å². The molecule has 2 amide bonds. The number of anilines is 1. The molecule has 0 aromatic heterocycles. The van der Waals surface area contributed by atoms with Crippen LogP contribution in [0.2, 0.25) is 0 Å². The van der Waals surface area contributed by atoms with E-state index in [1.807, 2.05) is 80.6 Å². The predicted octanol–water partition coefficient (Wildman–Crippen LogP) is 4.93. The van der Waals surface area contributed by atoms with Crippen molar-refractivity contribution < 1.29 is 27.9 Å². The fourth-order valence-corrected chi connectivity index (χ4v) is 7.45. The number of sulfonamides is 1. The van der Waals surface area contributed by atoms with Crippen LogP contribution < -0.4 is 16.4 Å². The lowest BCUT2D eigenvalue weighted by Gasteiger charge is -2.31. The number of nitrogens with two attached hydrogens (primary N) is 1. The molecule has 0 saturated heterocycles. The van der Waals surface area contributed by atoms with Crippen molar-refractivity contribution in [3.05, 3.63) is 125 Å². The third-order valence-corrected chi connectivity index (χ3v) is 10.3. The maximum atomic E-state index is 14.0. The molecule has 10 nitrogen and oxygen atoms in total. The number of methoxy groups -OCH3 is 1. The van der Waals surface area contributed by atoms with Gasteiger partial charge in [-0.25, -0.2) is 13.2 Å². The molecule has 0 spiro atoms. The summed E-state index contributed by atoms with van der Waals surface area (Å²) in [5.74, 6) is -0.762. The van der Waals surface area contributed by atoms with Gasteiger partial charge in [0, 0.05) is 24.2 Å². The number of allylic oxidation sites excluding steroid dienone is 1. The lowest BCUT2D eigenvalue weighted by atomic mass is 9.84. The van der Waals surface area contributed by atoms with Crippen LogP contribution in [-0.4, -0.2) is 68.2 Å². The quantitative estimate of drug-likeness (QED) is 0.178. The molecule has 1 aliphatic rings. The maximum absolute atomic E-state index is 14.0. The molecule has 0 aliphatic heterocycles. The van der Waals surface area contributed by atoms with E-state index in [4.69, 9.17) is 10.5 Å². The second-order valence-corrected chi connectivity index (χ2v) is 14.2. The van der Waals surface area contributed by atoms with Gasteiger partial charge in [-0.15, -0.1) is 0 Å². The molecule has 3 aromatic rings. The van der Waals surface area contributed by atoms with E-state index in [9.17, 15) is 23.1 Å². The minimum Gasteiger partial charge on any atom is -0.453 e. The van der Waals surface area contributed by atoms with Crippen LogP contribution in [-0.2, 0) is 26.0 Å². The van der Waals surface area contributed by atoms with Crippen molar-refractivity contribution in [1.82, 2.24) is 9.62 Å². The summed E-state index contributed by atoms with van der Waals surface area (Å²) >= 11 is 0. The van der Waals surface area contributed by atoms with E-state index < -0.39 is 46.6 Å². The van der Waals surface area contributed by atoms with Crippen molar-refractivity contribution in [1.29, 1.82) is 0 Å². The molecule has 256 valence electrons. The molecular weight excluding hydrogens is 628 g/mol. The van der Waals surface area contributed by atoms with Gasteiger partial charge in [0.25, 0.3) is 0 Å². The average molecular weight is 675 g/mol. The van der Waals surface area contributed by atoms with Crippen LogP contribution in [0.1, 0.15) is 49.3 Å². The number of ether oxygens (including phenoxy) is 1. The fourth-order valence-electron chi connectivity index (χ4n) is 5.74. The van der Waals surface area contributed by atoms with Crippen LogP contribution in [0.4, 0.5) is 10.5 Å². The highest BCUT2D eigenvalue weighted by Crippen LogP contribution is 2.30. The Labute approximate surface area is 283 Å². The maximum Gasteiger partial charge on any atom is 0.407 e. The first kappa shape index (κ1) is 36.5. The summed E-state index contributed by atoms with van der Waals surface area (Å²) in [6.07, 6.45) is 5.32. The number of benzene rings is 3.